The first kappa shape index (κ1) is 17.9. The highest BCUT2D eigenvalue weighted by Gasteiger charge is 2.32. The predicted octanol–water partition coefficient (Wildman–Crippen LogP) is 3.15. The lowest BCUT2D eigenvalue weighted by Gasteiger charge is -2.44. The quantitative estimate of drug-likeness (QED) is 0.658. The van der Waals surface area contributed by atoms with Crippen molar-refractivity contribution in [2.45, 2.75) is 66.0 Å². The smallest absolute Gasteiger partial charge is 0.0593 e. The van der Waals surface area contributed by atoms with Crippen molar-refractivity contribution in [1.29, 1.82) is 0 Å². The maximum Gasteiger partial charge on any atom is 0.0593 e. The van der Waals surface area contributed by atoms with Crippen LogP contribution >= 0.6 is 0 Å². The Hall–Kier alpha value is -0.120. The summed E-state index contributed by atoms with van der Waals surface area (Å²) in [6.45, 7) is 16.7. The van der Waals surface area contributed by atoms with E-state index in [-0.39, 0.29) is 0 Å². The number of piperazine rings is 1. The predicted molar refractivity (Wildman–Crippen MR) is 87.2 cm³/mol. The second kappa shape index (κ2) is 9.75. The summed E-state index contributed by atoms with van der Waals surface area (Å²) >= 11 is 0. The van der Waals surface area contributed by atoms with E-state index in [2.05, 4.69) is 44.8 Å². The Balaban J connectivity index is 2.53. The molecule has 0 aromatic rings. The van der Waals surface area contributed by atoms with Crippen LogP contribution in [0.15, 0.2) is 0 Å². The fourth-order valence-electron chi connectivity index (χ4n) is 3.04. The average Bonchev–Trinajstić information content (AvgIpc) is 2.49. The van der Waals surface area contributed by atoms with Crippen molar-refractivity contribution in [2.75, 3.05) is 32.8 Å². The Morgan fingerprint density at radius 1 is 1.10 bits per heavy atom. The summed E-state index contributed by atoms with van der Waals surface area (Å²) < 4.78 is 5.71. The first-order valence-electron chi connectivity index (χ1n) is 8.69. The average molecular weight is 284 g/mol. The number of rotatable bonds is 9. The summed E-state index contributed by atoms with van der Waals surface area (Å²) in [5, 5.41) is 3.78. The van der Waals surface area contributed by atoms with Crippen molar-refractivity contribution in [1.82, 2.24) is 10.2 Å². The zero-order chi connectivity index (χ0) is 15.0. The number of nitrogens with zero attached hydrogens (tertiary/aromatic N) is 1. The third-order valence-corrected chi connectivity index (χ3v) is 4.99. The van der Waals surface area contributed by atoms with Crippen molar-refractivity contribution < 1.29 is 4.74 Å². The van der Waals surface area contributed by atoms with Crippen molar-refractivity contribution in [3.8, 4) is 0 Å². The molecule has 3 heteroatoms. The third-order valence-electron chi connectivity index (χ3n) is 4.99. The molecule has 120 valence electrons. The summed E-state index contributed by atoms with van der Waals surface area (Å²) in [4.78, 5) is 2.68. The highest BCUT2D eigenvalue weighted by atomic mass is 16.5. The molecule has 4 unspecified atom stereocenters. The molecule has 1 saturated heterocycles. The lowest BCUT2D eigenvalue weighted by molar-refractivity contribution is 0.0386. The lowest BCUT2D eigenvalue weighted by atomic mass is 9.90. The fourth-order valence-corrected chi connectivity index (χ4v) is 3.04. The Kier molecular flexibility index (Phi) is 8.74. The van der Waals surface area contributed by atoms with E-state index in [9.17, 15) is 0 Å². The Labute approximate surface area is 126 Å². The van der Waals surface area contributed by atoms with Gasteiger partial charge in [-0.2, -0.15) is 0 Å². The maximum atomic E-state index is 5.71. The van der Waals surface area contributed by atoms with Gasteiger partial charge in [0, 0.05) is 38.3 Å². The van der Waals surface area contributed by atoms with E-state index in [1.54, 1.807) is 0 Å². The van der Waals surface area contributed by atoms with E-state index in [0.29, 0.717) is 12.1 Å². The van der Waals surface area contributed by atoms with Gasteiger partial charge in [0.25, 0.3) is 0 Å². The van der Waals surface area contributed by atoms with Gasteiger partial charge in [-0.05, 0) is 18.3 Å². The zero-order valence-corrected chi connectivity index (χ0v) is 14.3. The molecule has 0 aliphatic carbocycles. The van der Waals surface area contributed by atoms with Crippen LogP contribution in [0.5, 0.6) is 0 Å². The van der Waals surface area contributed by atoms with Crippen LogP contribution in [0, 0.1) is 11.8 Å². The van der Waals surface area contributed by atoms with Crippen LogP contribution in [0.25, 0.3) is 0 Å². The van der Waals surface area contributed by atoms with E-state index < -0.39 is 0 Å². The molecule has 1 N–H and O–H groups in total. The highest BCUT2D eigenvalue weighted by molar-refractivity contribution is 4.90. The molecule has 4 atom stereocenters. The van der Waals surface area contributed by atoms with Gasteiger partial charge in [-0.3, -0.25) is 4.90 Å². The first-order valence-corrected chi connectivity index (χ1v) is 8.69. The van der Waals surface area contributed by atoms with Gasteiger partial charge in [0.1, 0.15) is 0 Å². The van der Waals surface area contributed by atoms with Gasteiger partial charge in [0.05, 0.1) is 6.61 Å². The Bertz CT molecular complexity index is 247. The Morgan fingerprint density at radius 2 is 1.80 bits per heavy atom. The normalized spacial score (nSPS) is 27.4. The molecule has 1 fully saturated rings. The molecule has 0 aromatic heterocycles. The van der Waals surface area contributed by atoms with Crippen LogP contribution < -0.4 is 5.32 Å². The highest BCUT2D eigenvalue weighted by Crippen LogP contribution is 2.21. The van der Waals surface area contributed by atoms with E-state index in [0.717, 1.165) is 44.6 Å². The lowest BCUT2D eigenvalue weighted by Crippen LogP contribution is -2.60. The molecule has 0 aromatic carbocycles. The zero-order valence-electron chi connectivity index (χ0n) is 14.3. The second-order valence-electron chi connectivity index (χ2n) is 6.46. The van der Waals surface area contributed by atoms with Gasteiger partial charge in [-0.25, -0.2) is 0 Å². The molecule has 0 bridgehead atoms. The minimum atomic E-state index is 0.645. The fraction of sp³-hybridized carbons (Fsp3) is 1.00. The molecule has 0 amide bonds. The van der Waals surface area contributed by atoms with E-state index >= 15 is 0 Å². The molecular weight excluding hydrogens is 248 g/mol. The molecule has 0 spiro atoms. The summed E-state index contributed by atoms with van der Waals surface area (Å²) in [7, 11) is 0. The minimum absolute atomic E-state index is 0.645. The van der Waals surface area contributed by atoms with Crippen LogP contribution in [-0.2, 0) is 4.74 Å². The van der Waals surface area contributed by atoms with Crippen LogP contribution in [0.2, 0.25) is 0 Å². The number of hydrogen-bond acceptors (Lipinski definition) is 3. The van der Waals surface area contributed by atoms with Gasteiger partial charge in [0.15, 0.2) is 0 Å². The van der Waals surface area contributed by atoms with Crippen molar-refractivity contribution in [3.63, 3.8) is 0 Å². The van der Waals surface area contributed by atoms with Gasteiger partial charge in [0.2, 0.25) is 0 Å². The van der Waals surface area contributed by atoms with E-state index in [1.807, 2.05) is 0 Å². The molecule has 20 heavy (non-hydrogen) atoms. The number of hydrogen-bond donors (Lipinski definition) is 1. The van der Waals surface area contributed by atoms with Gasteiger partial charge >= 0.3 is 0 Å². The summed E-state index contributed by atoms with van der Waals surface area (Å²) in [5.41, 5.74) is 0. The van der Waals surface area contributed by atoms with Crippen LogP contribution in [-0.4, -0.2) is 49.8 Å². The molecule has 1 rings (SSSR count). The Morgan fingerprint density at radius 3 is 2.40 bits per heavy atom. The summed E-state index contributed by atoms with van der Waals surface area (Å²) in [6, 6.07) is 1.32. The standard InChI is InChI=1S/C17H36N2O/c1-6-10-20-11-9-19-13-16(14(4)7-2)18-12-17(19)15(5)8-3/h14-18H,6-13H2,1-5H3. The minimum Gasteiger partial charge on any atom is -0.380 e. The maximum absolute atomic E-state index is 5.71. The van der Waals surface area contributed by atoms with Crippen molar-refractivity contribution in [2.24, 2.45) is 11.8 Å². The molecule has 1 heterocycles. The second-order valence-corrected chi connectivity index (χ2v) is 6.46. The van der Waals surface area contributed by atoms with Crippen LogP contribution in [0.1, 0.15) is 53.9 Å². The molecule has 0 saturated carbocycles. The summed E-state index contributed by atoms with van der Waals surface area (Å²) in [6.07, 6.45) is 3.63. The number of ether oxygens (including phenoxy) is 1. The largest absolute Gasteiger partial charge is 0.380 e. The topological polar surface area (TPSA) is 24.5 Å². The molecule has 0 radical (unpaired) electrons. The van der Waals surface area contributed by atoms with Gasteiger partial charge in [-0.1, -0.05) is 47.5 Å². The number of nitrogens with one attached hydrogen (secondary N) is 1. The van der Waals surface area contributed by atoms with Crippen molar-refractivity contribution >= 4 is 0 Å². The van der Waals surface area contributed by atoms with Gasteiger partial charge in [-0.15, -0.1) is 0 Å². The van der Waals surface area contributed by atoms with Crippen LogP contribution in [0.3, 0.4) is 0 Å². The van der Waals surface area contributed by atoms with Crippen molar-refractivity contribution in [3.05, 3.63) is 0 Å². The van der Waals surface area contributed by atoms with E-state index in [4.69, 9.17) is 4.74 Å². The van der Waals surface area contributed by atoms with E-state index in [1.165, 1.54) is 19.4 Å². The van der Waals surface area contributed by atoms with Gasteiger partial charge < -0.3 is 10.1 Å². The first-order chi connectivity index (χ1) is 9.63. The SMILES string of the molecule is CCCOCCN1CC(C(C)CC)NCC1C(C)CC. The molecule has 1 aliphatic heterocycles. The monoisotopic (exact) mass is 284 g/mol. The third kappa shape index (κ3) is 5.34. The van der Waals surface area contributed by atoms with Crippen LogP contribution in [0.4, 0.5) is 0 Å². The molecular formula is C17H36N2O. The molecule has 1 aliphatic rings. The summed E-state index contributed by atoms with van der Waals surface area (Å²) in [5.74, 6) is 1.51. The molecule has 3 nitrogen and oxygen atoms in total.